The van der Waals surface area contributed by atoms with Crippen LogP contribution < -0.4 is 0 Å². The lowest BCUT2D eigenvalue weighted by molar-refractivity contribution is -0.134. The maximum Gasteiger partial charge on any atom is 0.318 e. The summed E-state index contributed by atoms with van der Waals surface area (Å²) in [6.45, 7) is 0. The lowest BCUT2D eigenvalue weighted by Crippen LogP contribution is -2.17. The Bertz CT molecular complexity index is 510. The number of hydrogen-bond acceptors (Lipinski definition) is 3. The highest BCUT2D eigenvalue weighted by molar-refractivity contribution is 7.91. The zero-order chi connectivity index (χ0) is 12.3. The molecule has 0 saturated carbocycles. The number of carboxylic acids is 1. The van der Waals surface area contributed by atoms with E-state index in [1.807, 2.05) is 0 Å². The number of rotatable bonds is 4. The Morgan fingerprint density at radius 3 is 2.44 bits per heavy atom. The van der Waals surface area contributed by atoms with Gasteiger partial charge in [-0.1, -0.05) is 29.3 Å². The maximum atomic E-state index is 11.4. The number of sulfone groups is 1. The van der Waals surface area contributed by atoms with E-state index < -0.39 is 27.3 Å². The van der Waals surface area contributed by atoms with Crippen LogP contribution in [-0.4, -0.2) is 25.2 Å². The zero-order valence-electron chi connectivity index (χ0n) is 7.98. The molecule has 0 aliphatic rings. The summed E-state index contributed by atoms with van der Waals surface area (Å²) in [5, 5.41) is 9.01. The average molecular weight is 283 g/mol. The van der Waals surface area contributed by atoms with Crippen molar-refractivity contribution < 1.29 is 18.3 Å². The normalized spacial score (nSPS) is 11.4. The molecule has 1 aromatic carbocycles. The summed E-state index contributed by atoms with van der Waals surface area (Å²) in [5.41, 5.74) is 0.340. The first-order valence-electron chi connectivity index (χ1n) is 4.16. The number of benzene rings is 1. The fourth-order valence-electron chi connectivity index (χ4n) is 1.11. The second-order valence-electron chi connectivity index (χ2n) is 3.16. The van der Waals surface area contributed by atoms with Crippen molar-refractivity contribution in [2.75, 3.05) is 5.75 Å². The first-order valence-corrected chi connectivity index (χ1v) is 6.74. The lowest BCUT2D eigenvalue weighted by Gasteiger charge is -2.04. The molecule has 0 atom stereocenters. The van der Waals surface area contributed by atoms with Crippen molar-refractivity contribution in [2.45, 2.75) is 5.75 Å². The summed E-state index contributed by atoms with van der Waals surface area (Å²) in [5.74, 6) is -2.70. The van der Waals surface area contributed by atoms with Crippen molar-refractivity contribution in [3.63, 3.8) is 0 Å². The lowest BCUT2D eigenvalue weighted by atomic mass is 10.2. The molecule has 0 bridgehead atoms. The van der Waals surface area contributed by atoms with Crippen molar-refractivity contribution in [1.82, 2.24) is 0 Å². The maximum absolute atomic E-state index is 11.4. The minimum absolute atomic E-state index is 0.210. The highest BCUT2D eigenvalue weighted by Crippen LogP contribution is 2.22. The Hall–Kier alpha value is -0.780. The molecule has 0 aromatic heterocycles. The highest BCUT2D eigenvalue weighted by Gasteiger charge is 2.18. The van der Waals surface area contributed by atoms with Crippen molar-refractivity contribution in [3.8, 4) is 0 Å². The average Bonchev–Trinajstić information content (AvgIpc) is 2.07. The van der Waals surface area contributed by atoms with E-state index in [4.69, 9.17) is 28.3 Å². The first-order chi connectivity index (χ1) is 7.30. The van der Waals surface area contributed by atoms with Crippen LogP contribution in [0.1, 0.15) is 5.56 Å². The fraction of sp³-hybridized carbons (Fsp3) is 0.222. The van der Waals surface area contributed by atoms with Crippen LogP contribution in [0.25, 0.3) is 0 Å². The number of carboxylic acid groups (broad SMARTS) is 1. The molecule has 0 aliphatic carbocycles. The molecule has 0 heterocycles. The van der Waals surface area contributed by atoms with Crippen LogP contribution >= 0.6 is 23.2 Å². The fourth-order valence-corrected chi connectivity index (χ4v) is 2.87. The van der Waals surface area contributed by atoms with Crippen LogP contribution in [0.4, 0.5) is 0 Å². The third-order valence-corrected chi connectivity index (χ3v) is 3.76. The van der Waals surface area contributed by atoms with Crippen LogP contribution in [0.15, 0.2) is 18.2 Å². The quantitative estimate of drug-likeness (QED) is 0.917. The van der Waals surface area contributed by atoms with Gasteiger partial charge in [-0.3, -0.25) is 4.79 Å². The standard InChI is InChI=1S/C9H8Cl2O4S/c10-7-2-1-6(8(11)3-7)4-16(14,15)5-9(12)13/h1-3H,4-5H2,(H,12,13). The number of halogens is 2. The van der Waals surface area contributed by atoms with E-state index in [0.29, 0.717) is 10.6 Å². The van der Waals surface area contributed by atoms with Crippen molar-refractivity contribution in [2.24, 2.45) is 0 Å². The Balaban J connectivity index is 2.92. The summed E-state index contributed by atoms with van der Waals surface area (Å²) < 4.78 is 22.8. The van der Waals surface area contributed by atoms with E-state index in [2.05, 4.69) is 0 Å². The van der Waals surface area contributed by atoms with E-state index in [1.165, 1.54) is 18.2 Å². The molecule has 1 aromatic rings. The number of hydrogen-bond donors (Lipinski definition) is 1. The summed E-state index contributed by atoms with van der Waals surface area (Å²) in [6.07, 6.45) is 0. The summed E-state index contributed by atoms with van der Waals surface area (Å²) in [7, 11) is -3.70. The molecule has 0 aliphatic heterocycles. The van der Waals surface area contributed by atoms with Gasteiger partial charge >= 0.3 is 5.97 Å². The molecule has 0 radical (unpaired) electrons. The Labute approximate surface area is 103 Å². The highest BCUT2D eigenvalue weighted by atomic mass is 35.5. The van der Waals surface area contributed by atoms with Gasteiger partial charge in [0.2, 0.25) is 0 Å². The number of carbonyl (C=O) groups is 1. The molecule has 1 rings (SSSR count). The summed E-state index contributed by atoms with van der Waals surface area (Å²) >= 11 is 11.4. The Kier molecular flexibility index (Phi) is 4.18. The van der Waals surface area contributed by atoms with E-state index >= 15 is 0 Å². The van der Waals surface area contributed by atoms with Crippen LogP contribution in [0.5, 0.6) is 0 Å². The van der Waals surface area contributed by atoms with Crippen molar-refractivity contribution >= 4 is 39.0 Å². The van der Waals surface area contributed by atoms with E-state index in [9.17, 15) is 13.2 Å². The summed E-state index contributed by atoms with van der Waals surface area (Å²) in [4.78, 5) is 10.3. The van der Waals surface area contributed by atoms with Gasteiger partial charge in [0.25, 0.3) is 0 Å². The van der Waals surface area contributed by atoms with Crippen molar-refractivity contribution in [1.29, 1.82) is 0 Å². The van der Waals surface area contributed by atoms with Crippen LogP contribution in [0.2, 0.25) is 10.0 Å². The third kappa shape index (κ3) is 4.00. The molecule has 4 nitrogen and oxygen atoms in total. The second-order valence-corrected chi connectivity index (χ2v) is 6.07. The van der Waals surface area contributed by atoms with Crippen molar-refractivity contribution in [3.05, 3.63) is 33.8 Å². The monoisotopic (exact) mass is 282 g/mol. The topological polar surface area (TPSA) is 71.4 Å². The molecule has 0 spiro atoms. The van der Waals surface area contributed by atoms with Crippen LogP contribution in [0.3, 0.4) is 0 Å². The zero-order valence-corrected chi connectivity index (χ0v) is 10.3. The first kappa shape index (κ1) is 13.3. The second kappa shape index (κ2) is 5.03. The number of aliphatic carboxylic acids is 1. The SMILES string of the molecule is O=C(O)CS(=O)(=O)Cc1ccc(Cl)cc1Cl. The smallest absolute Gasteiger partial charge is 0.318 e. The molecule has 0 fully saturated rings. The molecule has 88 valence electrons. The van der Waals surface area contributed by atoms with E-state index in [-0.39, 0.29) is 5.02 Å². The predicted octanol–water partition coefficient (Wildman–Crippen LogP) is 1.99. The molecule has 0 amide bonds. The van der Waals surface area contributed by atoms with Gasteiger partial charge in [0.05, 0.1) is 5.75 Å². The van der Waals surface area contributed by atoms with E-state index in [0.717, 1.165) is 0 Å². The van der Waals surface area contributed by atoms with Gasteiger partial charge in [-0.05, 0) is 17.7 Å². The van der Waals surface area contributed by atoms with Gasteiger partial charge in [0, 0.05) is 10.0 Å². The molecular weight excluding hydrogens is 275 g/mol. The molecule has 16 heavy (non-hydrogen) atoms. The van der Waals surface area contributed by atoms with Crippen LogP contribution in [-0.2, 0) is 20.4 Å². The Morgan fingerprint density at radius 2 is 1.94 bits per heavy atom. The minimum Gasteiger partial charge on any atom is -0.480 e. The van der Waals surface area contributed by atoms with Crippen LogP contribution in [0, 0.1) is 0 Å². The minimum atomic E-state index is -3.70. The van der Waals surface area contributed by atoms with E-state index in [1.54, 1.807) is 0 Å². The third-order valence-electron chi connectivity index (χ3n) is 1.73. The molecule has 0 saturated heterocycles. The predicted molar refractivity (Wildman–Crippen MR) is 61.6 cm³/mol. The van der Waals surface area contributed by atoms with Gasteiger partial charge in [0.1, 0.15) is 5.75 Å². The molecule has 7 heteroatoms. The molecular formula is C9H8Cl2O4S. The van der Waals surface area contributed by atoms with Gasteiger partial charge in [-0.2, -0.15) is 0 Å². The van der Waals surface area contributed by atoms with Gasteiger partial charge in [-0.25, -0.2) is 8.42 Å². The van der Waals surface area contributed by atoms with Gasteiger partial charge < -0.3 is 5.11 Å². The molecule has 0 unspecified atom stereocenters. The van der Waals surface area contributed by atoms with Gasteiger partial charge in [-0.15, -0.1) is 0 Å². The molecule has 1 N–H and O–H groups in total. The van der Waals surface area contributed by atoms with Gasteiger partial charge in [0.15, 0.2) is 9.84 Å². The largest absolute Gasteiger partial charge is 0.480 e. The summed E-state index contributed by atoms with van der Waals surface area (Å²) in [6, 6.07) is 4.37. The Morgan fingerprint density at radius 1 is 1.31 bits per heavy atom.